The molecule has 0 aliphatic rings. The van der Waals surface area contributed by atoms with Gasteiger partial charge >= 0.3 is 0 Å². The van der Waals surface area contributed by atoms with E-state index in [1.54, 1.807) is 6.08 Å². The highest BCUT2D eigenvalue weighted by Gasteiger charge is 1.94. The molecular weight excluding hydrogens is 134 g/mol. The molecule has 1 heteroatoms. The van der Waals surface area contributed by atoms with Crippen molar-refractivity contribution in [2.24, 2.45) is 5.73 Å². The van der Waals surface area contributed by atoms with E-state index in [4.69, 9.17) is 5.73 Å². The zero-order valence-electron chi connectivity index (χ0n) is 7.59. The minimum absolute atomic E-state index is 0.142. The first-order valence-electron chi connectivity index (χ1n) is 3.81. The first kappa shape index (κ1) is 10.2. The topological polar surface area (TPSA) is 26.0 Å². The van der Waals surface area contributed by atoms with Crippen LogP contribution in [0.1, 0.15) is 20.8 Å². The summed E-state index contributed by atoms with van der Waals surface area (Å²) in [6.07, 6.45) is 5.82. The van der Waals surface area contributed by atoms with Crippen LogP contribution in [-0.4, -0.2) is 6.04 Å². The lowest BCUT2D eigenvalue weighted by atomic mass is 10.1. The lowest BCUT2D eigenvalue weighted by Gasteiger charge is -2.04. The molecule has 0 radical (unpaired) electrons. The molecule has 1 nitrogen and oxygen atoms in total. The molecule has 0 spiro atoms. The first-order valence-corrected chi connectivity index (χ1v) is 3.81. The highest BCUT2D eigenvalue weighted by Crippen LogP contribution is 2.03. The van der Waals surface area contributed by atoms with Crippen LogP contribution >= 0.6 is 0 Å². The number of nitrogens with two attached hydrogens (primary N) is 1. The zero-order chi connectivity index (χ0) is 8.85. The maximum absolute atomic E-state index is 5.66. The number of hydrogen-bond donors (Lipinski definition) is 1. The Labute approximate surface area is 69.3 Å². The predicted molar refractivity (Wildman–Crippen MR) is 51.4 cm³/mol. The third-order valence-corrected chi connectivity index (χ3v) is 1.55. The van der Waals surface area contributed by atoms with Crippen molar-refractivity contribution < 1.29 is 0 Å². The third-order valence-electron chi connectivity index (χ3n) is 1.55. The Morgan fingerprint density at radius 3 is 2.36 bits per heavy atom. The first-order chi connectivity index (χ1) is 5.07. The van der Waals surface area contributed by atoms with Crippen LogP contribution in [0.15, 0.2) is 36.0 Å². The van der Waals surface area contributed by atoms with Crippen LogP contribution < -0.4 is 5.73 Å². The maximum Gasteiger partial charge on any atom is 0.0225 e. The van der Waals surface area contributed by atoms with Crippen molar-refractivity contribution in [2.45, 2.75) is 26.8 Å². The molecule has 0 saturated carbocycles. The van der Waals surface area contributed by atoms with Crippen molar-refractivity contribution in [2.75, 3.05) is 0 Å². The molecule has 0 rings (SSSR count). The molecule has 11 heavy (non-hydrogen) atoms. The van der Waals surface area contributed by atoms with E-state index in [-0.39, 0.29) is 6.04 Å². The average molecular weight is 151 g/mol. The summed E-state index contributed by atoms with van der Waals surface area (Å²) in [6, 6.07) is 0.142. The van der Waals surface area contributed by atoms with Crippen LogP contribution in [0.25, 0.3) is 0 Å². The molecule has 62 valence electrons. The molecule has 0 aromatic carbocycles. The summed E-state index contributed by atoms with van der Waals surface area (Å²) in [4.78, 5) is 0. The second kappa shape index (κ2) is 4.91. The highest BCUT2D eigenvalue weighted by atomic mass is 14.6. The van der Waals surface area contributed by atoms with Gasteiger partial charge in [0.2, 0.25) is 0 Å². The lowest BCUT2D eigenvalue weighted by Crippen LogP contribution is -2.15. The van der Waals surface area contributed by atoms with Gasteiger partial charge in [-0.2, -0.15) is 0 Å². The maximum atomic E-state index is 5.66. The van der Waals surface area contributed by atoms with Gasteiger partial charge in [0.25, 0.3) is 0 Å². The summed E-state index contributed by atoms with van der Waals surface area (Å²) in [5.41, 5.74) is 8.04. The minimum atomic E-state index is 0.142. The normalized spacial score (nSPS) is 16.4. The molecule has 1 unspecified atom stereocenters. The van der Waals surface area contributed by atoms with Gasteiger partial charge in [-0.25, -0.2) is 0 Å². The predicted octanol–water partition coefficient (Wildman–Crippen LogP) is 2.41. The highest BCUT2D eigenvalue weighted by molar-refractivity contribution is 5.25. The molecule has 0 fully saturated rings. The van der Waals surface area contributed by atoms with Gasteiger partial charge in [-0.15, -0.1) is 0 Å². The summed E-state index contributed by atoms with van der Waals surface area (Å²) in [7, 11) is 0. The molecule has 0 heterocycles. The number of hydrogen-bond acceptors (Lipinski definition) is 1. The quantitative estimate of drug-likeness (QED) is 0.616. The van der Waals surface area contributed by atoms with E-state index >= 15 is 0 Å². The second-order valence-corrected chi connectivity index (χ2v) is 2.82. The summed E-state index contributed by atoms with van der Waals surface area (Å²) < 4.78 is 0. The van der Waals surface area contributed by atoms with Crippen molar-refractivity contribution in [3.8, 4) is 0 Å². The molecule has 0 aliphatic carbocycles. The molecule has 1 atom stereocenters. The average Bonchev–Trinajstić information content (AvgIpc) is 1.87. The van der Waals surface area contributed by atoms with Crippen LogP contribution in [0.5, 0.6) is 0 Å². The van der Waals surface area contributed by atoms with Crippen molar-refractivity contribution in [3.63, 3.8) is 0 Å². The van der Waals surface area contributed by atoms with E-state index in [1.807, 2.05) is 26.8 Å². The fourth-order valence-corrected chi connectivity index (χ4v) is 0.725. The van der Waals surface area contributed by atoms with Crippen LogP contribution in [0, 0.1) is 0 Å². The zero-order valence-corrected chi connectivity index (χ0v) is 7.59. The van der Waals surface area contributed by atoms with E-state index in [9.17, 15) is 0 Å². The molecule has 0 aliphatic heterocycles. The molecule has 0 aromatic heterocycles. The van der Waals surface area contributed by atoms with Gasteiger partial charge in [-0.3, -0.25) is 0 Å². The summed E-state index contributed by atoms with van der Waals surface area (Å²) in [5.74, 6) is 0. The number of allylic oxidation sites excluding steroid dienone is 4. The Morgan fingerprint density at radius 2 is 2.00 bits per heavy atom. The molecular formula is C10H17N. The summed E-state index contributed by atoms with van der Waals surface area (Å²) >= 11 is 0. The Kier molecular flexibility index (Phi) is 4.55. The lowest BCUT2D eigenvalue weighted by molar-refractivity contribution is 0.859. The van der Waals surface area contributed by atoms with E-state index < -0.39 is 0 Å². The molecule has 0 amide bonds. The third kappa shape index (κ3) is 4.57. The smallest absolute Gasteiger partial charge is 0.0225 e. The summed E-state index contributed by atoms with van der Waals surface area (Å²) in [6.45, 7) is 9.66. The van der Waals surface area contributed by atoms with Gasteiger partial charge in [0.05, 0.1) is 0 Å². The molecule has 0 saturated heterocycles. The molecule has 0 aromatic rings. The van der Waals surface area contributed by atoms with Gasteiger partial charge in [0, 0.05) is 6.04 Å². The monoisotopic (exact) mass is 151 g/mol. The van der Waals surface area contributed by atoms with Gasteiger partial charge < -0.3 is 5.73 Å². The van der Waals surface area contributed by atoms with E-state index in [0.717, 1.165) is 0 Å². The van der Waals surface area contributed by atoms with Gasteiger partial charge in [-0.1, -0.05) is 36.0 Å². The van der Waals surface area contributed by atoms with Crippen molar-refractivity contribution in [3.05, 3.63) is 36.0 Å². The second-order valence-electron chi connectivity index (χ2n) is 2.82. The van der Waals surface area contributed by atoms with Crippen molar-refractivity contribution >= 4 is 0 Å². The largest absolute Gasteiger partial charge is 0.324 e. The van der Waals surface area contributed by atoms with Crippen molar-refractivity contribution in [1.82, 2.24) is 0 Å². The van der Waals surface area contributed by atoms with Gasteiger partial charge in [-0.05, 0) is 20.8 Å². The van der Waals surface area contributed by atoms with E-state index in [0.29, 0.717) is 0 Å². The fourth-order valence-electron chi connectivity index (χ4n) is 0.725. The van der Waals surface area contributed by atoms with E-state index in [1.165, 1.54) is 11.1 Å². The van der Waals surface area contributed by atoms with Gasteiger partial charge in [0.1, 0.15) is 0 Å². The van der Waals surface area contributed by atoms with Crippen LogP contribution in [0.4, 0.5) is 0 Å². The molecule has 2 N–H and O–H groups in total. The minimum Gasteiger partial charge on any atom is -0.324 e. The fraction of sp³-hybridized carbons (Fsp3) is 0.400. The number of rotatable bonds is 3. The van der Waals surface area contributed by atoms with E-state index in [2.05, 4.69) is 12.7 Å². The van der Waals surface area contributed by atoms with Crippen LogP contribution in [-0.2, 0) is 0 Å². The van der Waals surface area contributed by atoms with Gasteiger partial charge in [0.15, 0.2) is 0 Å². The van der Waals surface area contributed by atoms with Crippen LogP contribution in [0.2, 0.25) is 0 Å². The van der Waals surface area contributed by atoms with Crippen molar-refractivity contribution in [1.29, 1.82) is 0 Å². The standard InChI is InChI=1S/C10H17N/c1-5-6-8(2)7-9(3)10(4)11/h5-7,10H,1,11H2,2-4H3/b8-6+,9-7+. The molecule has 0 bridgehead atoms. The van der Waals surface area contributed by atoms with Crippen LogP contribution in [0.3, 0.4) is 0 Å². The Hall–Kier alpha value is -0.820. The summed E-state index contributed by atoms with van der Waals surface area (Å²) in [5, 5.41) is 0. The Morgan fingerprint density at radius 1 is 1.45 bits per heavy atom. The SMILES string of the molecule is C=C/C=C(C)/C=C(\C)C(C)N. The Balaban J connectivity index is 4.30. The Bertz CT molecular complexity index is 185.